The maximum atomic E-state index is 13.3. The summed E-state index contributed by atoms with van der Waals surface area (Å²) in [7, 11) is 1.63. The maximum Gasteiger partial charge on any atom is 0.295 e. The largest absolute Gasteiger partial charge is 0.497 e. The fourth-order valence-electron chi connectivity index (χ4n) is 2.92. The van der Waals surface area contributed by atoms with E-state index in [4.69, 9.17) is 4.74 Å². The van der Waals surface area contributed by atoms with Gasteiger partial charge in [0.2, 0.25) is 0 Å². The second kappa shape index (κ2) is 6.74. The quantitative estimate of drug-likeness (QED) is 0.636. The Morgan fingerprint density at radius 1 is 1.08 bits per heavy atom. The molecule has 1 aliphatic heterocycles. The van der Waals surface area contributed by atoms with Crippen LogP contribution in [0.25, 0.3) is 0 Å². The molecule has 0 atom stereocenters. The minimum atomic E-state index is -0.597. The smallest absolute Gasteiger partial charge is 0.295 e. The molecule has 2 aromatic carbocycles. The third-order valence-corrected chi connectivity index (χ3v) is 4.17. The van der Waals surface area contributed by atoms with Gasteiger partial charge in [0.25, 0.3) is 5.69 Å². The van der Waals surface area contributed by atoms with Crippen LogP contribution in [-0.2, 0) is 0 Å². The number of hydrogen-bond donors (Lipinski definition) is 0. The molecule has 1 heterocycles. The summed E-state index contributed by atoms with van der Waals surface area (Å²) in [6.07, 6.45) is 0. The van der Waals surface area contributed by atoms with E-state index in [2.05, 4.69) is 4.90 Å². The Morgan fingerprint density at radius 3 is 2.46 bits per heavy atom. The zero-order valence-corrected chi connectivity index (χ0v) is 13.3. The number of nitro benzene ring substituents is 1. The fraction of sp³-hybridized carbons (Fsp3) is 0.294. The zero-order chi connectivity index (χ0) is 17.1. The van der Waals surface area contributed by atoms with Crippen molar-refractivity contribution in [2.45, 2.75) is 0 Å². The van der Waals surface area contributed by atoms with Gasteiger partial charge in [0.1, 0.15) is 17.3 Å². The monoisotopic (exact) mass is 331 g/mol. The van der Waals surface area contributed by atoms with Crippen LogP contribution in [0.1, 0.15) is 0 Å². The summed E-state index contributed by atoms with van der Waals surface area (Å²) >= 11 is 0. The van der Waals surface area contributed by atoms with Crippen molar-refractivity contribution in [2.24, 2.45) is 0 Å². The van der Waals surface area contributed by atoms with Gasteiger partial charge in [-0.05, 0) is 24.3 Å². The maximum absolute atomic E-state index is 13.3. The SMILES string of the molecule is COc1cccc(N2CCN(c3ccc(F)cc3[N+](=O)[O-])CC2)c1. The van der Waals surface area contributed by atoms with Crippen molar-refractivity contribution in [3.05, 3.63) is 58.4 Å². The number of anilines is 2. The van der Waals surface area contributed by atoms with Gasteiger partial charge in [0, 0.05) is 37.9 Å². The second-order valence-electron chi connectivity index (χ2n) is 5.57. The number of methoxy groups -OCH3 is 1. The number of nitro groups is 1. The van der Waals surface area contributed by atoms with Crippen LogP contribution in [0.5, 0.6) is 5.75 Å². The molecule has 1 aliphatic rings. The van der Waals surface area contributed by atoms with Gasteiger partial charge < -0.3 is 14.5 Å². The van der Waals surface area contributed by atoms with Gasteiger partial charge >= 0.3 is 0 Å². The Morgan fingerprint density at radius 2 is 1.79 bits per heavy atom. The molecule has 0 N–H and O–H groups in total. The molecular formula is C17H18FN3O3. The summed E-state index contributed by atoms with van der Waals surface area (Å²) in [5, 5.41) is 11.2. The predicted molar refractivity (Wildman–Crippen MR) is 90.5 cm³/mol. The topological polar surface area (TPSA) is 58.8 Å². The molecule has 0 radical (unpaired) electrons. The van der Waals surface area contributed by atoms with Crippen LogP contribution in [0.15, 0.2) is 42.5 Å². The van der Waals surface area contributed by atoms with Crippen LogP contribution in [0.4, 0.5) is 21.5 Å². The predicted octanol–water partition coefficient (Wildman–Crippen LogP) is 3.07. The van der Waals surface area contributed by atoms with Gasteiger partial charge in [-0.25, -0.2) is 4.39 Å². The number of ether oxygens (including phenoxy) is 1. The second-order valence-corrected chi connectivity index (χ2v) is 5.57. The minimum absolute atomic E-state index is 0.190. The van der Waals surface area contributed by atoms with Crippen molar-refractivity contribution in [3.8, 4) is 5.75 Å². The van der Waals surface area contributed by atoms with E-state index in [-0.39, 0.29) is 5.69 Å². The first kappa shape index (κ1) is 16.0. The summed E-state index contributed by atoms with van der Waals surface area (Å²) in [4.78, 5) is 14.8. The van der Waals surface area contributed by atoms with Crippen molar-refractivity contribution in [3.63, 3.8) is 0 Å². The molecule has 6 nitrogen and oxygen atoms in total. The Kier molecular flexibility index (Phi) is 4.50. The molecule has 0 aromatic heterocycles. The van der Waals surface area contributed by atoms with Crippen molar-refractivity contribution < 1.29 is 14.1 Å². The lowest BCUT2D eigenvalue weighted by Crippen LogP contribution is -2.46. The van der Waals surface area contributed by atoms with Crippen molar-refractivity contribution >= 4 is 17.1 Å². The van der Waals surface area contributed by atoms with E-state index in [9.17, 15) is 14.5 Å². The molecule has 2 aromatic rings. The lowest BCUT2D eigenvalue weighted by molar-refractivity contribution is -0.384. The van der Waals surface area contributed by atoms with E-state index in [1.54, 1.807) is 7.11 Å². The number of piperazine rings is 1. The molecule has 0 saturated carbocycles. The van der Waals surface area contributed by atoms with E-state index in [0.717, 1.165) is 30.6 Å². The Bertz CT molecular complexity index is 746. The van der Waals surface area contributed by atoms with E-state index in [1.165, 1.54) is 12.1 Å². The molecule has 1 saturated heterocycles. The average Bonchev–Trinajstić information content (AvgIpc) is 2.62. The summed E-state index contributed by atoms with van der Waals surface area (Å²) in [5.74, 6) is 0.199. The third kappa shape index (κ3) is 3.24. The van der Waals surface area contributed by atoms with Gasteiger partial charge in [-0.1, -0.05) is 6.07 Å². The van der Waals surface area contributed by atoms with Crippen molar-refractivity contribution in [2.75, 3.05) is 43.1 Å². The highest BCUT2D eigenvalue weighted by molar-refractivity contribution is 5.64. The van der Waals surface area contributed by atoms with Crippen molar-refractivity contribution in [1.29, 1.82) is 0 Å². The highest BCUT2D eigenvalue weighted by Gasteiger charge is 2.24. The first-order chi connectivity index (χ1) is 11.6. The molecule has 24 heavy (non-hydrogen) atoms. The van der Waals surface area contributed by atoms with E-state index in [1.807, 2.05) is 29.2 Å². The Hall–Kier alpha value is -2.83. The van der Waals surface area contributed by atoms with E-state index < -0.39 is 10.7 Å². The van der Waals surface area contributed by atoms with E-state index in [0.29, 0.717) is 18.8 Å². The Labute approximate surface area is 139 Å². The molecule has 126 valence electrons. The van der Waals surface area contributed by atoms with Crippen LogP contribution in [0.2, 0.25) is 0 Å². The molecule has 0 amide bonds. The van der Waals surface area contributed by atoms with Gasteiger partial charge in [0.05, 0.1) is 18.1 Å². The molecule has 3 rings (SSSR count). The molecular weight excluding hydrogens is 313 g/mol. The summed E-state index contributed by atoms with van der Waals surface area (Å²) in [6, 6.07) is 11.5. The summed E-state index contributed by atoms with van der Waals surface area (Å²) in [5.41, 5.74) is 1.33. The average molecular weight is 331 g/mol. The number of halogens is 1. The number of benzene rings is 2. The molecule has 0 spiro atoms. The van der Waals surface area contributed by atoms with Crippen LogP contribution in [0.3, 0.4) is 0 Å². The highest BCUT2D eigenvalue weighted by Crippen LogP contribution is 2.30. The first-order valence-electron chi connectivity index (χ1n) is 7.66. The lowest BCUT2D eigenvalue weighted by Gasteiger charge is -2.37. The molecule has 1 fully saturated rings. The van der Waals surface area contributed by atoms with Gasteiger partial charge in [-0.2, -0.15) is 0 Å². The molecule has 0 aliphatic carbocycles. The molecule has 0 unspecified atom stereocenters. The highest BCUT2D eigenvalue weighted by atomic mass is 19.1. The zero-order valence-electron chi connectivity index (χ0n) is 13.3. The first-order valence-corrected chi connectivity index (χ1v) is 7.66. The van der Waals surface area contributed by atoms with Gasteiger partial charge in [-0.3, -0.25) is 10.1 Å². The van der Waals surface area contributed by atoms with Crippen LogP contribution in [0, 0.1) is 15.9 Å². The van der Waals surface area contributed by atoms with Gasteiger partial charge in [0.15, 0.2) is 0 Å². The molecule has 7 heteroatoms. The number of hydrogen-bond acceptors (Lipinski definition) is 5. The van der Waals surface area contributed by atoms with Crippen LogP contribution in [-0.4, -0.2) is 38.2 Å². The van der Waals surface area contributed by atoms with Crippen molar-refractivity contribution in [1.82, 2.24) is 0 Å². The fourth-order valence-corrected chi connectivity index (χ4v) is 2.92. The standard InChI is InChI=1S/C17H18FN3O3/c1-24-15-4-2-3-14(12-15)19-7-9-20(10-8-19)16-6-5-13(18)11-17(16)21(22)23/h2-6,11-12H,7-10H2,1H3. The number of nitrogens with zero attached hydrogens (tertiary/aromatic N) is 3. The normalized spacial score (nSPS) is 14.6. The summed E-state index contributed by atoms with van der Waals surface area (Å²) in [6.45, 7) is 2.71. The van der Waals surface area contributed by atoms with Crippen LogP contribution < -0.4 is 14.5 Å². The number of rotatable bonds is 4. The minimum Gasteiger partial charge on any atom is -0.497 e. The summed E-state index contributed by atoms with van der Waals surface area (Å²) < 4.78 is 18.5. The third-order valence-electron chi connectivity index (χ3n) is 4.17. The lowest BCUT2D eigenvalue weighted by atomic mass is 10.2. The van der Waals surface area contributed by atoms with E-state index >= 15 is 0 Å². The van der Waals surface area contributed by atoms with Crippen LogP contribution >= 0.6 is 0 Å². The molecule has 0 bridgehead atoms. The van der Waals surface area contributed by atoms with Gasteiger partial charge in [-0.15, -0.1) is 0 Å². The Balaban J connectivity index is 1.74.